The van der Waals surface area contributed by atoms with E-state index in [1.54, 1.807) is 0 Å². The lowest BCUT2D eigenvalue weighted by molar-refractivity contribution is -0.151. The fourth-order valence-corrected chi connectivity index (χ4v) is 3.94. The number of nitrogens with zero attached hydrogens (tertiary/aromatic N) is 1. The van der Waals surface area contributed by atoms with Crippen LogP contribution in [-0.4, -0.2) is 49.2 Å². The zero-order chi connectivity index (χ0) is 14.6. The highest BCUT2D eigenvalue weighted by Crippen LogP contribution is 2.36. The van der Waals surface area contributed by atoms with Crippen molar-refractivity contribution in [2.45, 2.75) is 75.9 Å². The molecule has 4 heteroatoms. The van der Waals surface area contributed by atoms with Crippen LogP contribution in [0.2, 0.25) is 0 Å². The van der Waals surface area contributed by atoms with E-state index in [1.807, 2.05) is 14.0 Å². The predicted octanol–water partition coefficient (Wildman–Crippen LogP) is 2.32. The standard InChI is InChI=1S/C16H30N2O2/c1-4-20-15(19)16(17-2)11-10-14(12-16)18(3)13-8-6-5-7-9-13/h13-14,17H,4-12H2,1-3H3. The smallest absolute Gasteiger partial charge is 0.326 e. The van der Waals surface area contributed by atoms with Crippen molar-refractivity contribution in [3.05, 3.63) is 0 Å². The van der Waals surface area contributed by atoms with Crippen LogP contribution in [0, 0.1) is 0 Å². The van der Waals surface area contributed by atoms with Crippen LogP contribution in [0.5, 0.6) is 0 Å². The Morgan fingerprint density at radius 3 is 2.55 bits per heavy atom. The minimum atomic E-state index is -0.455. The van der Waals surface area contributed by atoms with E-state index in [4.69, 9.17) is 4.74 Å². The van der Waals surface area contributed by atoms with Gasteiger partial charge in [-0.25, -0.2) is 0 Å². The van der Waals surface area contributed by atoms with E-state index >= 15 is 0 Å². The monoisotopic (exact) mass is 282 g/mol. The van der Waals surface area contributed by atoms with Crippen LogP contribution in [-0.2, 0) is 9.53 Å². The molecule has 0 radical (unpaired) electrons. The maximum Gasteiger partial charge on any atom is 0.326 e. The molecular weight excluding hydrogens is 252 g/mol. The van der Waals surface area contributed by atoms with Crippen molar-refractivity contribution in [3.63, 3.8) is 0 Å². The lowest BCUT2D eigenvalue weighted by Gasteiger charge is -2.36. The molecule has 0 amide bonds. The SMILES string of the molecule is CCOC(=O)C1(NC)CCC(N(C)C2CCCCC2)C1. The summed E-state index contributed by atoms with van der Waals surface area (Å²) in [6, 6.07) is 1.22. The third-order valence-electron chi connectivity index (χ3n) is 5.36. The summed E-state index contributed by atoms with van der Waals surface area (Å²) < 4.78 is 5.27. The van der Waals surface area contributed by atoms with E-state index in [1.165, 1.54) is 32.1 Å². The number of hydrogen-bond donors (Lipinski definition) is 1. The summed E-state index contributed by atoms with van der Waals surface area (Å²) in [6.45, 7) is 2.34. The van der Waals surface area contributed by atoms with Gasteiger partial charge in [-0.15, -0.1) is 0 Å². The van der Waals surface area contributed by atoms with Gasteiger partial charge < -0.3 is 15.0 Å². The second-order valence-corrected chi connectivity index (χ2v) is 6.41. The van der Waals surface area contributed by atoms with Crippen LogP contribution < -0.4 is 5.32 Å². The molecule has 2 aliphatic rings. The molecule has 0 bridgehead atoms. The van der Waals surface area contributed by atoms with Gasteiger partial charge in [0.2, 0.25) is 0 Å². The van der Waals surface area contributed by atoms with E-state index in [2.05, 4.69) is 17.3 Å². The average molecular weight is 282 g/mol. The summed E-state index contributed by atoms with van der Waals surface area (Å²) in [6.07, 6.45) is 9.61. The molecular formula is C16H30N2O2. The normalized spacial score (nSPS) is 31.7. The molecule has 1 N–H and O–H groups in total. The van der Waals surface area contributed by atoms with Gasteiger partial charge in [-0.2, -0.15) is 0 Å². The van der Waals surface area contributed by atoms with Gasteiger partial charge in [0.25, 0.3) is 0 Å². The van der Waals surface area contributed by atoms with Crippen LogP contribution in [0.25, 0.3) is 0 Å². The fourth-order valence-electron chi connectivity index (χ4n) is 3.94. The summed E-state index contributed by atoms with van der Waals surface area (Å²) in [4.78, 5) is 14.8. The fraction of sp³-hybridized carbons (Fsp3) is 0.938. The zero-order valence-corrected chi connectivity index (χ0v) is 13.3. The highest BCUT2D eigenvalue weighted by molar-refractivity contribution is 5.81. The zero-order valence-electron chi connectivity index (χ0n) is 13.3. The molecule has 2 saturated carbocycles. The van der Waals surface area contributed by atoms with Gasteiger partial charge in [-0.1, -0.05) is 19.3 Å². The molecule has 0 aliphatic heterocycles. The average Bonchev–Trinajstić information content (AvgIpc) is 2.93. The largest absolute Gasteiger partial charge is 0.465 e. The number of rotatable bonds is 5. The molecule has 20 heavy (non-hydrogen) atoms. The molecule has 0 aromatic heterocycles. The van der Waals surface area contributed by atoms with Gasteiger partial charge in [0.05, 0.1) is 6.61 Å². The van der Waals surface area contributed by atoms with Crippen LogP contribution in [0.15, 0.2) is 0 Å². The molecule has 2 unspecified atom stereocenters. The molecule has 0 spiro atoms. The molecule has 116 valence electrons. The lowest BCUT2D eigenvalue weighted by atomic mass is 9.92. The number of hydrogen-bond acceptors (Lipinski definition) is 4. The Kier molecular flexibility index (Phi) is 5.44. The van der Waals surface area contributed by atoms with E-state index in [0.717, 1.165) is 19.3 Å². The first-order valence-electron chi connectivity index (χ1n) is 8.21. The van der Waals surface area contributed by atoms with Crippen molar-refractivity contribution in [1.82, 2.24) is 10.2 Å². The molecule has 0 aromatic carbocycles. The molecule has 2 atom stereocenters. The Hall–Kier alpha value is -0.610. The summed E-state index contributed by atoms with van der Waals surface area (Å²) in [5.41, 5.74) is -0.455. The van der Waals surface area contributed by atoms with E-state index < -0.39 is 5.54 Å². The van der Waals surface area contributed by atoms with Gasteiger partial charge in [0.15, 0.2) is 0 Å². The first-order chi connectivity index (χ1) is 9.63. The summed E-state index contributed by atoms with van der Waals surface area (Å²) in [5, 5.41) is 3.25. The summed E-state index contributed by atoms with van der Waals surface area (Å²) >= 11 is 0. The first-order valence-corrected chi connectivity index (χ1v) is 8.21. The Morgan fingerprint density at radius 2 is 1.95 bits per heavy atom. The molecule has 4 nitrogen and oxygen atoms in total. The van der Waals surface area contributed by atoms with Crippen molar-refractivity contribution in [3.8, 4) is 0 Å². The van der Waals surface area contributed by atoms with Gasteiger partial charge in [-0.3, -0.25) is 4.79 Å². The van der Waals surface area contributed by atoms with E-state index in [0.29, 0.717) is 18.7 Å². The molecule has 0 saturated heterocycles. The number of ether oxygens (including phenoxy) is 1. The maximum absolute atomic E-state index is 12.2. The number of esters is 1. The van der Waals surface area contributed by atoms with Crippen molar-refractivity contribution >= 4 is 5.97 Å². The number of likely N-dealkylation sites (N-methyl/N-ethyl adjacent to an activating group) is 1. The number of nitrogens with one attached hydrogen (secondary N) is 1. The Balaban J connectivity index is 1.97. The molecule has 0 aromatic rings. The molecule has 2 aliphatic carbocycles. The minimum Gasteiger partial charge on any atom is -0.465 e. The topological polar surface area (TPSA) is 41.6 Å². The van der Waals surface area contributed by atoms with Gasteiger partial charge in [0, 0.05) is 12.1 Å². The molecule has 0 heterocycles. The minimum absolute atomic E-state index is 0.0676. The van der Waals surface area contributed by atoms with Crippen LogP contribution >= 0.6 is 0 Å². The molecule has 2 fully saturated rings. The number of carbonyl (C=O) groups is 1. The molecule has 2 rings (SSSR count). The van der Waals surface area contributed by atoms with Crippen molar-refractivity contribution in [1.29, 1.82) is 0 Å². The Morgan fingerprint density at radius 1 is 1.25 bits per heavy atom. The van der Waals surface area contributed by atoms with Crippen molar-refractivity contribution < 1.29 is 9.53 Å². The van der Waals surface area contributed by atoms with Gasteiger partial charge in [-0.05, 0) is 53.1 Å². The highest BCUT2D eigenvalue weighted by Gasteiger charge is 2.47. The Bertz CT molecular complexity index is 328. The quantitative estimate of drug-likeness (QED) is 0.786. The lowest BCUT2D eigenvalue weighted by Crippen LogP contribution is -2.51. The van der Waals surface area contributed by atoms with Gasteiger partial charge in [0.1, 0.15) is 5.54 Å². The third-order valence-corrected chi connectivity index (χ3v) is 5.36. The number of carbonyl (C=O) groups excluding carboxylic acids is 1. The summed E-state index contributed by atoms with van der Waals surface area (Å²) in [5.74, 6) is -0.0676. The third kappa shape index (κ3) is 3.17. The predicted molar refractivity (Wildman–Crippen MR) is 80.7 cm³/mol. The summed E-state index contributed by atoms with van der Waals surface area (Å²) in [7, 11) is 4.14. The second kappa shape index (κ2) is 6.90. The van der Waals surface area contributed by atoms with Crippen molar-refractivity contribution in [2.75, 3.05) is 20.7 Å². The highest BCUT2D eigenvalue weighted by atomic mass is 16.5. The van der Waals surface area contributed by atoms with Crippen LogP contribution in [0.1, 0.15) is 58.3 Å². The second-order valence-electron chi connectivity index (χ2n) is 6.41. The first kappa shape index (κ1) is 15.8. The van der Waals surface area contributed by atoms with Crippen LogP contribution in [0.3, 0.4) is 0 Å². The van der Waals surface area contributed by atoms with Gasteiger partial charge >= 0.3 is 5.97 Å². The van der Waals surface area contributed by atoms with Crippen LogP contribution in [0.4, 0.5) is 0 Å². The van der Waals surface area contributed by atoms with E-state index in [-0.39, 0.29) is 5.97 Å². The van der Waals surface area contributed by atoms with Crippen molar-refractivity contribution in [2.24, 2.45) is 0 Å². The van der Waals surface area contributed by atoms with E-state index in [9.17, 15) is 4.79 Å². The Labute approximate surface area is 123 Å². The maximum atomic E-state index is 12.2.